The van der Waals surface area contributed by atoms with Gasteiger partial charge < -0.3 is 14.6 Å². The summed E-state index contributed by atoms with van der Waals surface area (Å²) in [5.41, 5.74) is 2.76. The van der Waals surface area contributed by atoms with E-state index in [1.165, 1.54) is 0 Å². The molecule has 0 spiro atoms. The molecule has 7 heteroatoms. The Balaban J connectivity index is 0.00000192. The Morgan fingerprint density at radius 3 is 2.91 bits per heavy atom. The minimum absolute atomic E-state index is 0. The fourth-order valence-corrected chi connectivity index (χ4v) is 3.45. The number of hydrogen-bond donors (Lipinski definition) is 1. The predicted octanol–water partition coefficient (Wildman–Crippen LogP) is 2.99. The van der Waals surface area contributed by atoms with Gasteiger partial charge in [0.15, 0.2) is 11.0 Å². The number of methoxy groups -OCH3 is 1. The standard InChI is InChI=1S/C16H19N3O2S.HI/c1-10-15(14(20)9-18-16-17-6-7-22-16)12-8-11(21-3)4-5-13(12)19(10)2;/h4-5,8H,6-7,9H2,1-3H3,(H,17,18);1H. The van der Waals surface area contributed by atoms with Gasteiger partial charge in [-0.25, -0.2) is 0 Å². The second-order valence-corrected chi connectivity index (χ2v) is 6.30. The number of Topliss-reactive ketones (excluding diaryl/α,β-unsaturated/α-hetero) is 1. The number of aryl methyl sites for hydroxylation is 1. The van der Waals surface area contributed by atoms with Crippen LogP contribution >= 0.6 is 35.7 Å². The second-order valence-electron chi connectivity index (χ2n) is 5.21. The van der Waals surface area contributed by atoms with Crippen LogP contribution in [0.4, 0.5) is 0 Å². The minimum atomic E-state index is 0. The molecule has 0 unspecified atom stereocenters. The van der Waals surface area contributed by atoms with E-state index >= 15 is 0 Å². The number of fused-ring (bicyclic) bond motifs is 1. The third kappa shape index (κ3) is 3.50. The Bertz CT molecular complexity index is 770. The Labute approximate surface area is 156 Å². The number of benzene rings is 1. The average molecular weight is 445 g/mol. The Kier molecular flexibility index (Phi) is 5.96. The molecule has 1 aliphatic heterocycles. The number of halogens is 1. The number of hydrogen-bond acceptors (Lipinski definition) is 5. The highest BCUT2D eigenvalue weighted by Crippen LogP contribution is 2.28. The zero-order chi connectivity index (χ0) is 15.7. The summed E-state index contributed by atoms with van der Waals surface area (Å²) in [5.74, 6) is 1.82. The van der Waals surface area contributed by atoms with Gasteiger partial charge in [-0.1, -0.05) is 11.8 Å². The maximum Gasteiger partial charge on any atom is 0.184 e. The number of ketones is 1. The first-order valence-electron chi connectivity index (χ1n) is 7.19. The number of carbonyl (C=O) groups excluding carboxylic acids is 1. The lowest BCUT2D eigenvalue weighted by Gasteiger charge is -2.05. The summed E-state index contributed by atoms with van der Waals surface area (Å²) in [6, 6.07) is 5.83. The van der Waals surface area contributed by atoms with Crippen molar-refractivity contribution in [2.75, 3.05) is 26.0 Å². The van der Waals surface area contributed by atoms with Gasteiger partial charge in [0, 0.05) is 35.0 Å². The second kappa shape index (κ2) is 7.57. The average Bonchev–Trinajstić information content (AvgIpc) is 3.13. The van der Waals surface area contributed by atoms with Gasteiger partial charge in [0.25, 0.3) is 0 Å². The van der Waals surface area contributed by atoms with E-state index in [1.54, 1.807) is 18.9 Å². The maximum atomic E-state index is 12.7. The third-order valence-electron chi connectivity index (χ3n) is 3.96. The summed E-state index contributed by atoms with van der Waals surface area (Å²) in [7, 11) is 3.61. The first-order valence-corrected chi connectivity index (χ1v) is 8.17. The highest BCUT2D eigenvalue weighted by molar-refractivity contribution is 14.0. The van der Waals surface area contributed by atoms with Crippen LogP contribution in [0.5, 0.6) is 5.75 Å². The number of thioether (sulfide) groups is 1. The molecule has 2 heterocycles. The van der Waals surface area contributed by atoms with Crippen molar-refractivity contribution in [1.29, 1.82) is 0 Å². The highest BCUT2D eigenvalue weighted by atomic mass is 127. The van der Waals surface area contributed by atoms with Crippen molar-refractivity contribution >= 4 is 57.6 Å². The van der Waals surface area contributed by atoms with Crippen molar-refractivity contribution in [1.82, 2.24) is 9.88 Å². The molecule has 0 saturated heterocycles. The van der Waals surface area contributed by atoms with Gasteiger partial charge in [-0.05, 0) is 25.1 Å². The summed E-state index contributed by atoms with van der Waals surface area (Å²) in [5, 5.41) is 4.93. The molecule has 1 aliphatic rings. The zero-order valence-electron chi connectivity index (χ0n) is 13.4. The van der Waals surface area contributed by atoms with Gasteiger partial charge in [0.1, 0.15) is 5.75 Å². The molecule has 0 atom stereocenters. The van der Waals surface area contributed by atoms with Crippen LogP contribution in [0, 0.1) is 6.92 Å². The number of ether oxygens (including phenoxy) is 1. The van der Waals surface area contributed by atoms with Crippen molar-refractivity contribution in [3.8, 4) is 5.75 Å². The Hall–Kier alpha value is -1.22. The van der Waals surface area contributed by atoms with E-state index in [4.69, 9.17) is 4.74 Å². The van der Waals surface area contributed by atoms with E-state index in [1.807, 2.05) is 36.7 Å². The van der Waals surface area contributed by atoms with E-state index in [9.17, 15) is 4.79 Å². The van der Waals surface area contributed by atoms with Crippen molar-refractivity contribution in [2.45, 2.75) is 6.92 Å². The minimum Gasteiger partial charge on any atom is -0.497 e. The monoisotopic (exact) mass is 445 g/mol. The topological polar surface area (TPSA) is 55.6 Å². The fraction of sp³-hybridized carbons (Fsp3) is 0.375. The van der Waals surface area contributed by atoms with Gasteiger partial charge >= 0.3 is 0 Å². The summed E-state index contributed by atoms with van der Waals surface area (Å²) in [6.45, 7) is 3.07. The molecule has 0 saturated carbocycles. The molecule has 0 bridgehead atoms. The van der Waals surface area contributed by atoms with Crippen LogP contribution in [0.2, 0.25) is 0 Å². The van der Waals surface area contributed by atoms with Crippen LogP contribution in [0.15, 0.2) is 23.2 Å². The number of rotatable bonds is 4. The van der Waals surface area contributed by atoms with Crippen LogP contribution in [0.1, 0.15) is 16.1 Å². The molecule has 1 aromatic carbocycles. The van der Waals surface area contributed by atoms with Crippen molar-refractivity contribution in [2.24, 2.45) is 12.0 Å². The molecule has 0 fully saturated rings. The summed E-state index contributed by atoms with van der Waals surface area (Å²) < 4.78 is 7.33. The smallest absolute Gasteiger partial charge is 0.184 e. The molecular weight excluding hydrogens is 425 g/mol. The van der Waals surface area contributed by atoms with E-state index in [-0.39, 0.29) is 36.3 Å². The molecule has 124 valence electrons. The Morgan fingerprint density at radius 2 is 2.26 bits per heavy atom. The predicted molar refractivity (Wildman–Crippen MR) is 107 cm³/mol. The van der Waals surface area contributed by atoms with E-state index in [0.29, 0.717) is 0 Å². The molecule has 1 aromatic heterocycles. The fourth-order valence-electron chi connectivity index (χ4n) is 2.72. The van der Waals surface area contributed by atoms with Crippen LogP contribution in [-0.4, -0.2) is 41.5 Å². The van der Waals surface area contributed by atoms with Crippen molar-refractivity contribution in [3.63, 3.8) is 0 Å². The number of carbonyl (C=O) groups is 1. The van der Waals surface area contributed by atoms with Crippen LogP contribution in [0.25, 0.3) is 10.9 Å². The lowest BCUT2D eigenvalue weighted by Crippen LogP contribution is -2.27. The van der Waals surface area contributed by atoms with Gasteiger partial charge in [0.05, 0.1) is 20.2 Å². The first-order chi connectivity index (χ1) is 10.6. The number of nitrogens with one attached hydrogen (secondary N) is 1. The number of amidine groups is 1. The largest absolute Gasteiger partial charge is 0.497 e. The molecule has 1 N–H and O–H groups in total. The molecule has 0 aliphatic carbocycles. The Morgan fingerprint density at radius 1 is 1.48 bits per heavy atom. The zero-order valence-corrected chi connectivity index (χ0v) is 16.5. The molecule has 3 rings (SSSR count). The first kappa shape index (κ1) is 18.1. The molecule has 2 aromatic rings. The summed E-state index contributed by atoms with van der Waals surface area (Å²) in [4.78, 5) is 17.0. The van der Waals surface area contributed by atoms with E-state index < -0.39 is 0 Å². The van der Waals surface area contributed by atoms with Gasteiger partial charge in [0.2, 0.25) is 0 Å². The summed E-state index contributed by atoms with van der Waals surface area (Å²) >= 11 is 1.66. The molecule has 5 nitrogen and oxygen atoms in total. The summed E-state index contributed by atoms with van der Waals surface area (Å²) in [6.07, 6.45) is 0. The normalized spacial score (nSPS) is 13.6. The van der Waals surface area contributed by atoms with Gasteiger partial charge in [-0.15, -0.1) is 24.0 Å². The highest BCUT2D eigenvalue weighted by Gasteiger charge is 2.19. The van der Waals surface area contributed by atoms with Crippen LogP contribution < -0.4 is 10.1 Å². The van der Waals surface area contributed by atoms with Crippen LogP contribution in [0.3, 0.4) is 0 Å². The number of aromatic nitrogens is 1. The van der Waals surface area contributed by atoms with Gasteiger partial charge in [-0.3, -0.25) is 9.79 Å². The molecular formula is C16H20IN3O2S. The van der Waals surface area contributed by atoms with Crippen molar-refractivity contribution < 1.29 is 9.53 Å². The SMILES string of the molecule is COc1ccc2c(c1)c(C(=O)CNC1=NCCS1)c(C)n2C.I. The quantitative estimate of drug-likeness (QED) is 0.581. The lowest BCUT2D eigenvalue weighted by molar-refractivity contribution is 0.0997. The maximum absolute atomic E-state index is 12.7. The lowest BCUT2D eigenvalue weighted by atomic mass is 10.1. The van der Waals surface area contributed by atoms with Crippen molar-refractivity contribution in [3.05, 3.63) is 29.5 Å². The third-order valence-corrected chi connectivity index (χ3v) is 4.90. The number of aliphatic imine (C=N–C) groups is 1. The van der Waals surface area contributed by atoms with Crippen LogP contribution in [-0.2, 0) is 7.05 Å². The van der Waals surface area contributed by atoms with E-state index in [2.05, 4.69) is 10.3 Å². The molecule has 0 radical (unpaired) electrons. The van der Waals surface area contributed by atoms with E-state index in [0.717, 1.165) is 45.4 Å². The van der Waals surface area contributed by atoms with Gasteiger partial charge in [-0.2, -0.15) is 0 Å². The molecule has 0 amide bonds. The molecule has 23 heavy (non-hydrogen) atoms. The number of nitrogens with zero attached hydrogens (tertiary/aromatic N) is 2.